The number of benzene rings is 2. The molecule has 0 aliphatic heterocycles. The number of sulfone groups is 1. The maximum atomic E-state index is 13.6. The van der Waals surface area contributed by atoms with Gasteiger partial charge in [0.2, 0.25) is 0 Å². The highest BCUT2D eigenvalue weighted by atomic mass is 32.2. The zero-order valence-corrected chi connectivity index (χ0v) is 14.3. The average molecular weight is 361 g/mol. The number of aliphatic hydroxyl groups is 1. The largest absolute Gasteiger partial charge is 0.457 e. The molecule has 0 saturated carbocycles. The van der Waals surface area contributed by atoms with Gasteiger partial charge in [-0.1, -0.05) is 0 Å². The number of hydrogen-bond acceptors (Lipinski definition) is 5. The number of nitrogens with zero attached hydrogens (tertiary/aromatic N) is 1. The topological polar surface area (TPSA) is 87.4 Å². The van der Waals surface area contributed by atoms with E-state index < -0.39 is 21.8 Å². The monoisotopic (exact) mass is 361 g/mol. The SMILES string of the molecule is CS(=O)(=O)c1ccc(Oc2cc(F)cc(C#N)c2)c2c1C(O)CCC2. The molecule has 2 aromatic carbocycles. The Morgan fingerprint density at radius 1 is 1.32 bits per heavy atom. The fraction of sp³-hybridized carbons (Fsp3) is 0.278. The average Bonchev–Trinajstić information content (AvgIpc) is 2.54. The van der Waals surface area contributed by atoms with Crippen LogP contribution in [-0.4, -0.2) is 19.8 Å². The summed E-state index contributed by atoms with van der Waals surface area (Å²) in [6, 6.07) is 8.40. The second kappa shape index (κ2) is 6.47. The third-order valence-corrected chi connectivity index (χ3v) is 5.29. The standard InChI is InChI=1S/C18H16FNO4S/c1-25(22,23)17-6-5-16(14-3-2-4-15(21)18(14)17)24-13-8-11(10-20)7-12(19)9-13/h5-9,15,21H,2-4H2,1H3. The van der Waals surface area contributed by atoms with Crippen molar-refractivity contribution in [2.24, 2.45) is 0 Å². The van der Waals surface area contributed by atoms with Gasteiger partial charge in [0, 0.05) is 23.4 Å². The Morgan fingerprint density at radius 3 is 2.76 bits per heavy atom. The van der Waals surface area contributed by atoms with Crippen molar-refractivity contribution in [1.29, 1.82) is 5.26 Å². The van der Waals surface area contributed by atoms with E-state index in [-0.39, 0.29) is 16.2 Å². The predicted molar refractivity (Wildman–Crippen MR) is 88.6 cm³/mol. The van der Waals surface area contributed by atoms with E-state index in [0.717, 1.165) is 18.4 Å². The number of ether oxygens (including phenoxy) is 1. The van der Waals surface area contributed by atoms with Gasteiger partial charge in [0.15, 0.2) is 9.84 Å². The van der Waals surface area contributed by atoms with Crippen LogP contribution in [0.4, 0.5) is 4.39 Å². The van der Waals surface area contributed by atoms with E-state index in [1.54, 1.807) is 0 Å². The fourth-order valence-corrected chi connectivity index (χ4v) is 4.07. The zero-order chi connectivity index (χ0) is 18.2. The maximum Gasteiger partial charge on any atom is 0.175 e. The molecule has 0 saturated heterocycles. The van der Waals surface area contributed by atoms with Gasteiger partial charge in [-0.3, -0.25) is 0 Å². The molecule has 0 fully saturated rings. The molecule has 1 atom stereocenters. The van der Waals surface area contributed by atoms with Crippen LogP contribution in [0.5, 0.6) is 11.5 Å². The van der Waals surface area contributed by atoms with E-state index in [1.807, 2.05) is 6.07 Å². The summed E-state index contributed by atoms with van der Waals surface area (Å²) in [5, 5.41) is 19.2. The first-order valence-electron chi connectivity index (χ1n) is 7.72. The quantitative estimate of drug-likeness (QED) is 0.907. The van der Waals surface area contributed by atoms with Crippen molar-refractivity contribution in [2.45, 2.75) is 30.3 Å². The van der Waals surface area contributed by atoms with Crippen LogP contribution < -0.4 is 4.74 Å². The molecule has 1 unspecified atom stereocenters. The van der Waals surface area contributed by atoms with Gasteiger partial charge < -0.3 is 9.84 Å². The number of aliphatic hydroxyl groups excluding tert-OH is 1. The van der Waals surface area contributed by atoms with Gasteiger partial charge in [-0.05, 0) is 43.5 Å². The Hall–Kier alpha value is -2.43. The van der Waals surface area contributed by atoms with Gasteiger partial charge >= 0.3 is 0 Å². The first kappa shape index (κ1) is 17.4. The van der Waals surface area contributed by atoms with Crippen molar-refractivity contribution >= 4 is 9.84 Å². The van der Waals surface area contributed by atoms with Crippen LogP contribution in [-0.2, 0) is 16.3 Å². The third kappa shape index (κ3) is 3.50. The minimum absolute atomic E-state index is 0.0824. The molecule has 0 heterocycles. The summed E-state index contributed by atoms with van der Waals surface area (Å²) in [5.74, 6) is -0.0998. The molecule has 0 aromatic heterocycles. The second-order valence-electron chi connectivity index (χ2n) is 6.02. The minimum atomic E-state index is -3.50. The van der Waals surface area contributed by atoms with Crippen LogP contribution >= 0.6 is 0 Å². The molecule has 1 aliphatic rings. The number of rotatable bonds is 3. The van der Waals surface area contributed by atoms with E-state index in [0.29, 0.717) is 36.1 Å². The summed E-state index contributed by atoms with van der Waals surface area (Å²) in [5.41, 5.74) is 1.07. The lowest BCUT2D eigenvalue weighted by Crippen LogP contribution is -2.15. The molecular formula is C18H16FNO4S. The first-order chi connectivity index (χ1) is 11.8. The molecule has 5 nitrogen and oxygen atoms in total. The first-order valence-corrected chi connectivity index (χ1v) is 9.61. The summed E-state index contributed by atoms with van der Waals surface area (Å²) in [6.07, 6.45) is 1.91. The van der Waals surface area contributed by atoms with Gasteiger partial charge in [-0.2, -0.15) is 5.26 Å². The highest BCUT2D eigenvalue weighted by Gasteiger charge is 2.28. The molecule has 0 bridgehead atoms. The number of hydrogen-bond donors (Lipinski definition) is 1. The Morgan fingerprint density at radius 2 is 2.08 bits per heavy atom. The van der Waals surface area contributed by atoms with Gasteiger partial charge in [-0.25, -0.2) is 12.8 Å². The fourth-order valence-electron chi connectivity index (χ4n) is 3.10. The number of nitriles is 1. The van der Waals surface area contributed by atoms with Crippen LogP contribution in [0.1, 0.15) is 35.6 Å². The molecule has 0 amide bonds. The van der Waals surface area contributed by atoms with Crippen molar-refractivity contribution in [3.05, 3.63) is 52.8 Å². The summed E-state index contributed by atoms with van der Waals surface area (Å²) in [4.78, 5) is 0.0824. The molecule has 130 valence electrons. The van der Waals surface area contributed by atoms with Crippen molar-refractivity contribution in [3.63, 3.8) is 0 Å². The maximum absolute atomic E-state index is 13.6. The van der Waals surface area contributed by atoms with E-state index >= 15 is 0 Å². The molecule has 0 spiro atoms. The van der Waals surface area contributed by atoms with Gasteiger partial charge in [0.1, 0.15) is 17.3 Å². The summed E-state index contributed by atoms with van der Waals surface area (Å²) in [7, 11) is -3.50. The third-order valence-electron chi connectivity index (χ3n) is 4.14. The normalized spacial score (nSPS) is 16.8. The number of fused-ring (bicyclic) bond motifs is 1. The lowest BCUT2D eigenvalue weighted by atomic mass is 9.88. The lowest BCUT2D eigenvalue weighted by molar-refractivity contribution is 0.152. The van der Waals surface area contributed by atoms with Crippen molar-refractivity contribution in [3.8, 4) is 17.6 Å². The van der Waals surface area contributed by atoms with Crippen LogP contribution in [0.3, 0.4) is 0 Å². The minimum Gasteiger partial charge on any atom is -0.457 e. The summed E-state index contributed by atoms with van der Waals surface area (Å²) in [6.45, 7) is 0. The van der Waals surface area contributed by atoms with Crippen LogP contribution in [0, 0.1) is 17.1 Å². The Balaban J connectivity index is 2.11. The lowest BCUT2D eigenvalue weighted by Gasteiger charge is -2.26. The zero-order valence-electron chi connectivity index (χ0n) is 13.5. The van der Waals surface area contributed by atoms with E-state index in [1.165, 1.54) is 18.2 Å². The molecular weight excluding hydrogens is 345 g/mol. The van der Waals surface area contributed by atoms with Gasteiger partial charge in [-0.15, -0.1) is 0 Å². The van der Waals surface area contributed by atoms with Gasteiger partial charge in [0.25, 0.3) is 0 Å². The Kier molecular flexibility index (Phi) is 4.50. The molecule has 3 rings (SSSR count). The molecule has 0 radical (unpaired) electrons. The van der Waals surface area contributed by atoms with Crippen molar-refractivity contribution < 1.29 is 22.7 Å². The van der Waals surface area contributed by atoms with Crippen molar-refractivity contribution in [2.75, 3.05) is 6.26 Å². The smallest absolute Gasteiger partial charge is 0.175 e. The highest BCUT2D eigenvalue weighted by molar-refractivity contribution is 7.90. The second-order valence-corrected chi connectivity index (χ2v) is 8.01. The van der Waals surface area contributed by atoms with E-state index in [4.69, 9.17) is 10.00 Å². The number of halogens is 1. The molecule has 1 aliphatic carbocycles. The van der Waals surface area contributed by atoms with Crippen molar-refractivity contribution in [1.82, 2.24) is 0 Å². The molecule has 2 aromatic rings. The molecule has 25 heavy (non-hydrogen) atoms. The molecule has 7 heteroatoms. The van der Waals surface area contributed by atoms with Crippen LogP contribution in [0.2, 0.25) is 0 Å². The van der Waals surface area contributed by atoms with Crippen LogP contribution in [0.15, 0.2) is 35.2 Å². The highest BCUT2D eigenvalue weighted by Crippen LogP contribution is 2.41. The molecule has 1 N–H and O–H groups in total. The van der Waals surface area contributed by atoms with E-state index in [2.05, 4.69) is 0 Å². The summed E-state index contributed by atoms with van der Waals surface area (Å²) >= 11 is 0. The van der Waals surface area contributed by atoms with E-state index in [9.17, 15) is 17.9 Å². The predicted octanol–water partition coefficient (Wildman–Crippen LogP) is 3.26. The van der Waals surface area contributed by atoms with Crippen LogP contribution in [0.25, 0.3) is 0 Å². The summed E-state index contributed by atoms with van der Waals surface area (Å²) < 4.78 is 43.3. The Bertz CT molecular complexity index is 979. The van der Waals surface area contributed by atoms with Gasteiger partial charge in [0.05, 0.1) is 22.6 Å². The Labute approximate surface area is 145 Å².